The molecule has 0 aromatic heterocycles. The van der Waals surface area contributed by atoms with Gasteiger partial charge in [-0.05, 0) is 56.3 Å². The van der Waals surface area contributed by atoms with Crippen LogP contribution >= 0.6 is 0 Å². The zero-order chi connectivity index (χ0) is 21.7. The van der Waals surface area contributed by atoms with Crippen LogP contribution in [0.1, 0.15) is 34.5 Å². The number of carbonyl (C=O) groups excluding carboxylic acids is 1. The minimum absolute atomic E-state index is 0.174. The summed E-state index contributed by atoms with van der Waals surface area (Å²) in [5.74, 6) is 0.447. The molecule has 0 heterocycles. The van der Waals surface area contributed by atoms with Crippen LogP contribution in [-0.4, -0.2) is 21.4 Å². The fraction of sp³-hybridized carbons (Fsp3) is 0.174. The summed E-state index contributed by atoms with van der Waals surface area (Å²) in [5.41, 5.74) is 2.76. The van der Waals surface area contributed by atoms with Crippen LogP contribution in [-0.2, 0) is 10.0 Å². The summed E-state index contributed by atoms with van der Waals surface area (Å²) in [5, 5.41) is 2.95. The number of aryl methyl sites for hydroxylation is 1. The highest BCUT2D eigenvalue weighted by Crippen LogP contribution is 2.26. The van der Waals surface area contributed by atoms with Crippen molar-refractivity contribution in [2.75, 3.05) is 11.8 Å². The van der Waals surface area contributed by atoms with Gasteiger partial charge in [-0.3, -0.25) is 9.52 Å². The third-order valence-electron chi connectivity index (χ3n) is 4.65. The van der Waals surface area contributed by atoms with Crippen LogP contribution in [0.15, 0.2) is 77.7 Å². The summed E-state index contributed by atoms with van der Waals surface area (Å²) >= 11 is 0. The van der Waals surface area contributed by atoms with E-state index in [0.29, 0.717) is 17.0 Å². The lowest BCUT2D eigenvalue weighted by Gasteiger charge is -2.18. The van der Waals surface area contributed by atoms with Gasteiger partial charge in [0.15, 0.2) is 0 Å². The molecule has 0 saturated heterocycles. The maximum Gasteiger partial charge on any atom is 0.261 e. The summed E-state index contributed by atoms with van der Waals surface area (Å²) < 4.78 is 32.7. The zero-order valence-corrected chi connectivity index (χ0v) is 17.9. The smallest absolute Gasteiger partial charge is 0.261 e. The predicted molar refractivity (Wildman–Crippen MR) is 117 cm³/mol. The molecule has 0 bridgehead atoms. The van der Waals surface area contributed by atoms with Gasteiger partial charge in [-0.25, -0.2) is 8.42 Å². The molecule has 3 aromatic rings. The Hall–Kier alpha value is -3.32. The topological polar surface area (TPSA) is 84.5 Å². The fourth-order valence-electron chi connectivity index (χ4n) is 3.05. The molecule has 30 heavy (non-hydrogen) atoms. The minimum Gasteiger partial charge on any atom is -0.496 e. The van der Waals surface area contributed by atoms with Gasteiger partial charge >= 0.3 is 0 Å². The molecule has 1 unspecified atom stereocenters. The maximum atomic E-state index is 12.6. The summed E-state index contributed by atoms with van der Waals surface area (Å²) in [6, 6.07) is 19.9. The highest BCUT2D eigenvalue weighted by atomic mass is 32.2. The Balaban J connectivity index is 1.70. The summed E-state index contributed by atoms with van der Waals surface area (Å²) in [6.45, 7) is 3.87. The fourth-order valence-corrected chi connectivity index (χ4v) is 4.13. The first kappa shape index (κ1) is 21.4. The number of methoxy groups -OCH3 is 1. The van der Waals surface area contributed by atoms with Crippen molar-refractivity contribution in [2.45, 2.75) is 24.8 Å². The monoisotopic (exact) mass is 424 g/mol. The van der Waals surface area contributed by atoms with Crippen LogP contribution in [0.4, 0.5) is 5.69 Å². The Bertz CT molecular complexity index is 1130. The van der Waals surface area contributed by atoms with Gasteiger partial charge in [0, 0.05) is 16.8 Å². The molecule has 1 atom stereocenters. The van der Waals surface area contributed by atoms with Gasteiger partial charge in [-0.15, -0.1) is 0 Å². The molecule has 0 spiro atoms. The number of carbonyl (C=O) groups is 1. The van der Waals surface area contributed by atoms with Crippen molar-refractivity contribution in [3.05, 3.63) is 89.5 Å². The van der Waals surface area contributed by atoms with E-state index in [2.05, 4.69) is 10.0 Å². The van der Waals surface area contributed by atoms with Crippen LogP contribution in [0.5, 0.6) is 5.75 Å². The van der Waals surface area contributed by atoms with Gasteiger partial charge in [0.25, 0.3) is 15.9 Å². The third kappa shape index (κ3) is 4.99. The number of benzene rings is 3. The van der Waals surface area contributed by atoms with Crippen LogP contribution in [0.2, 0.25) is 0 Å². The molecule has 156 valence electrons. The Labute approximate surface area is 177 Å². The predicted octanol–water partition coefficient (Wildman–Crippen LogP) is 4.30. The average molecular weight is 425 g/mol. The molecular weight excluding hydrogens is 400 g/mol. The molecule has 3 rings (SSSR count). The lowest BCUT2D eigenvalue weighted by atomic mass is 10.0. The van der Waals surface area contributed by atoms with Gasteiger partial charge in [0.1, 0.15) is 5.75 Å². The van der Waals surface area contributed by atoms with Crippen LogP contribution in [0, 0.1) is 6.92 Å². The van der Waals surface area contributed by atoms with Crippen LogP contribution in [0.3, 0.4) is 0 Å². The second kappa shape index (κ2) is 9.00. The highest BCUT2D eigenvalue weighted by molar-refractivity contribution is 7.92. The van der Waals surface area contributed by atoms with E-state index in [4.69, 9.17) is 4.74 Å². The molecule has 7 heteroatoms. The molecule has 2 N–H and O–H groups in total. The van der Waals surface area contributed by atoms with Crippen LogP contribution in [0.25, 0.3) is 0 Å². The molecule has 0 fully saturated rings. The number of ether oxygens (including phenoxy) is 1. The standard InChI is InChI=1S/C23H24N2O4S/c1-16-9-14-22(29-3)21(15-16)17(2)24-23(26)18-10-12-19(13-11-18)25-30(27,28)20-7-5-4-6-8-20/h4-15,17,25H,1-3H3,(H,24,26). The molecular formula is C23H24N2O4S. The van der Waals surface area contributed by atoms with Gasteiger partial charge < -0.3 is 10.1 Å². The van der Waals surface area contributed by atoms with E-state index >= 15 is 0 Å². The first-order valence-electron chi connectivity index (χ1n) is 9.43. The summed E-state index contributed by atoms with van der Waals surface area (Å²) in [6.07, 6.45) is 0. The third-order valence-corrected chi connectivity index (χ3v) is 6.05. The second-order valence-corrected chi connectivity index (χ2v) is 8.62. The van der Waals surface area contributed by atoms with Crippen molar-refractivity contribution in [3.8, 4) is 5.75 Å². The highest BCUT2D eigenvalue weighted by Gasteiger charge is 2.17. The van der Waals surface area contributed by atoms with E-state index < -0.39 is 10.0 Å². The van der Waals surface area contributed by atoms with E-state index in [1.54, 1.807) is 49.6 Å². The van der Waals surface area contributed by atoms with E-state index in [1.807, 2.05) is 32.0 Å². The minimum atomic E-state index is -3.68. The molecule has 0 aliphatic rings. The Morgan fingerprint density at radius 1 is 0.967 bits per heavy atom. The lowest BCUT2D eigenvalue weighted by molar-refractivity contribution is 0.0939. The maximum absolute atomic E-state index is 12.6. The molecule has 0 radical (unpaired) electrons. The van der Waals surface area contributed by atoms with Gasteiger partial charge in [-0.2, -0.15) is 0 Å². The Morgan fingerprint density at radius 2 is 1.63 bits per heavy atom. The van der Waals surface area contributed by atoms with E-state index in [9.17, 15) is 13.2 Å². The van der Waals surface area contributed by atoms with Gasteiger partial charge in [-0.1, -0.05) is 35.9 Å². The normalized spacial score (nSPS) is 12.1. The van der Waals surface area contributed by atoms with Crippen molar-refractivity contribution in [3.63, 3.8) is 0 Å². The number of hydrogen-bond donors (Lipinski definition) is 2. The van der Waals surface area contributed by atoms with Crippen molar-refractivity contribution >= 4 is 21.6 Å². The van der Waals surface area contributed by atoms with Gasteiger partial charge in [0.2, 0.25) is 0 Å². The number of sulfonamides is 1. The molecule has 6 nitrogen and oxygen atoms in total. The van der Waals surface area contributed by atoms with E-state index in [1.165, 1.54) is 12.1 Å². The number of amides is 1. The average Bonchev–Trinajstić information content (AvgIpc) is 2.74. The molecule has 3 aromatic carbocycles. The molecule has 0 saturated carbocycles. The quantitative estimate of drug-likeness (QED) is 0.592. The number of hydrogen-bond acceptors (Lipinski definition) is 4. The van der Waals surface area contributed by atoms with Crippen LogP contribution < -0.4 is 14.8 Å². The van der Waals surface area contributed by atoms with Crippen molar-refractivity contribution in [1.29, 1.82) is 0 Å². The second-order valence-electron chi connectivity index (χ2n) is 6.94. The first-order chi connectivity index (χ1) is 14.3. The number of nitrogens with one attached hydrogen (secondary N) is 2. The first-order valence-corrected chi connectivity index (χ1v) is 10.9. The zero-order valence-electron chi connectivity index (χ0n) is 17.0. The number of rotatable bonds is 7. The Morgan fingerprint density at radius 3 is 2.27 bits per heavy atom. The molecule has 0 aliphatic heterocycles. The summed E-state index contributed by atoms with van der Waals surface area (Å²) in [7, 11) is -2.08. The lowest BCUT2D eigenvalue weighted by Crippen LogP contribution is -2.27. The molecule has 1 amide bonds. The van der Waals surface area contributed by atoms with E-state index in [0.717, 1.165) is 11.1 Å². The number of anilines is 1. The van der Waals surface area contributed by atoms with Crippen molar-refractivity contribution in [1.82, 2.24) is 5.32 Å². The largest absolute Gasteiger partial charge is 0.496 e. The van der Waals surface area contributed by atoms with Crippen molar-refractivity contribution in [2.24, 2.45) is 0 Å². The van der Waals surface area contributed by atoms with Gasteiger partial charge in [0.05, 0.1) is 18.0 Å². The Kier molecular flexibility index (Phi) is 6.42. The SMILES string of the molecule is COc1ccc(C)cc1C(C)NC(=O)c1ccc(NS(=O)(=O)c2ccccc2)cc1. The van der Waals surface area contributed by atoms with E-state index in [-0.39, 0.29) is 16.8 Å². The van der Waals surface area contributed by atoms with Crippen molar-refractivity contribution < 1.29 is 17.9 Å². The summed E-state index contributed by atoms with van der Waals surface area (Å²) in [4.78, 5) is 12.8. The molecule has 0 aliphatic carbocycles.